The van der Waals surface area contributed by atoms with E-state index in [2.05, 4.69) is 55.6 Å². The van der Waals surface area contributed by atoms with Crippen LogP contribution >= 0.6 is 35.0 Å². The standard InChI is InChI=1S/C26H32Cl2FN3OSSi/c1-25(2,3)35(5,6)33-16-26(4)15-23-30-31-24(32(23)11-12-34-26)19-9-7-17(13-20(19)27)18-8-10-22(29)21(28)14-18/h7-10,13-14H,11-12,15-16H2,1-6H3. The van der Waals surface area contributed by atoms with Crippen molar-refractivity contribution in [3.05, 3.63) is 58.1 Å². The third-order valence-electron chi connectivity index (χ3n) is 7.13. The van der Waals surface area contributed by atoms with Gasteiger partial charge in [-0.2, -0.15) is 11.8 Å². The fraction of sp³-hybridized carbons (Fsp3) is 0.462. The van der Waals surface area contributed by atoms with Crippen LogP contribution < -0.4 is 0 Å². The van der Waals surface area contributed by atoms with Gasteiger partial charge in [-0.1, -0.05) is 56.1 Å². The van der Waals surface area contributed by atoms with Crippen LogP contribution in [0.25, 0.3) is 22.5 Å². The Kier molecular flexibility index (Phi) is 7.49. The molecule has 2 heterocycles. The first-order chi connectivity index (χ1) is 16.3. The van der Waals surface area contributed by atoms with E-state index in [-0.39, 0.29) is 14.8 Å². The van der Waals surface area contributed by atoms with E-state index < -0.39 is 14.1 Å². The highest BCUT2D eigenvalue weighted by atomic mass is 35.5. The van der Waals surface area contributed by atoms with Gasteiger partial charge in [0.25, 0.3) is 0 Å². The van der Waals surface area contributed by atoms with Crippen LogP contribution in [0, 0.1) is 5.82 Å². The van der Waals surface area contributed by atoms with E-state index in [1.165, 1.54) is 6.07 Å². The summed E-state index contributed by atoms with van der Waals surface area (Å²) in [5, 5.41) is 9.92. The lowest BCUT2D eigenvalue weighted by Crippen LogP contribution is -2.45. The Morgan fingerprint density at radius 2 is 1.74 bits per heavy atom. The summed E-state index contributed by atoms with van der Waals surface area (Å²) in [5.41, 5.74) is 2.49. The molecule has 1 atom stereocenters. The smallest absolute Gasteiger partial charge is 0.192 e. The summed E-state index contributed by atoms with van der Waals surface area (Å²) in [4.78, 5) is 0. The van der Waals surface area contributed by atoms with E-state index in [0.29, 0.717) is 11.6 Å². The molecule has 0 bridgehead atoms. The normalized spacial score (nSPS) is 18.9. The highest BCUT2D eigenvalue weighted by Crippen LogP contribution is 2.40. The van der Waals surface area contributed by atoms with Gasteiger partial charge in [-0.25, -0.2) is 4.39 Å². The molecule has 0 saturated heterocycles. The molecule has 4 rings (SSSR count). The lowest BCUT2D eigenvalue weighted by molar-refractivity contribution is 0.252. The molecule has 1 aromatic heterocycles. The lowest BCUT2D eigenvalue weighted by atomic mass is 10.0. The Morgan fingerprint density at radius 3 is 2.37 bits per heavy atom. The Balaban J connectivity index is 1.58. The number of nitrogens with zero attached hydrogens (tertiary/aromatic N) is 3. The average molecular weight is 553 g/mol. The SMILES string of the molecule is CC1(CO[Si](C)(C)C(C)(C)C)Cc2nnc(-c3ccc(-c4ccc(F)c(Cl)c4)cc3Cl)n2CCS1. The van der Waals surface area contributed by atoms with Gasteiger partial charge in [0.05, 0.1) is 10.0 Å². The predicted molar refractivity (Wildman–Crippen MR) is 149 cm³/mol. The van der Waals surface area contributed by atoms with Gasteiger partial charge in [-0.05, 0) is 60.4 Å². The minimum Gasteiger partial charge on any atom is -0.415 e. The first-order valence-corrected chi connectivity index (χ1v) is 16.4. The number of benzene rings is 2. The number of fused-ring (bicyclic) bond motifs is 1. The molecule has 1 aliphatic heterocycles. The maximum Gasteiger partial charge on any atom is 0.192 e. The molecule has 2 aromatic carbocycles. The highest BCUT2D eigenvalue weighted by molar-refractivity contribution is 8.00. The van der Waals surface area contributed by atoms with Gasteiger partial charge < -0.3 is 8.99 Å². The molecule has 0 fully saturated rings. The number of hydrogen-bond donors (Lipinski definition) is 0. The van der Waals surface area contributed by atoms with Crippen LogP contribution in [0.4, 0.5) is 4.39 Å². The zero-order chi connectivity index (χ0) is 25.6. The van der Waals surface area contributed by atoms with E-state index in [1.54, 1.807) is 12.1 Å². The van der Waals surface area contributed by atoms with Gasteiger partial charge in [-0.3, -0.25) is 0 Å². The van der Waals surface area contributed by atoms with Crippen molar-refractivity contribution in [3.63, 3.8) is 0 Å². The van der Waals surface area contributed by atoms with E-state index in [4.69, 9.17) is 27.6 Å². The van der Waals surface area contributed by atoms with Crippen molar-refractivity contribution in [2.24, 2.45) is 0 Å². The zero-order valence-corrected chi connectivity index (χ0v) is 24.4. The Hall–Kier alpha value is -1.38. The summed E-state index contributed by atoms with van der Waals surface area (Å²) in [5.74, 6) is 2.23. The van der Waals surface area contributed by atoms with Crippen LogP contribution in [0.1, 0.15) is 33.5 Å². The average Bonchev–Trinajstić information content (AvgIpc) is 3.06. The second-order valence-corrected chi connectivity index (χ2v) is 18.2. The summed E-state index contributed by atoms with van der Waals surface area (Å²) in [7, 11) is -1.84. The molecule has 1 aliphatic rings. The van der Waals surface area contributed by atoms with Gasteiger partial charge >= 0.3 is 0 Å². The van der Waals surface area contributed by atoms with Gasteiger partial charge in [0.1, 0.15) is 11.6 Å². The van der Waals surface area contributed by atoms with Crippen LogP contribution in [0.15, 0.2) is 36.4 Å². The summed E-state index contributed by atoms with van der Waals surface area (Å²) >= 11 is 14.6. The molecule has 0 saturated carbocycles. The van der Waals surface area contributed by atoms with Gasteiger partial charge in [0.2, 0.25) is 0 Å². The number of rotatable bonds is 5. The van der Waals surface area contributed by atoms with Crippen molar-refractivity contribution >= 4 is 43.3 Å². The molecule has 3 aromatic rings. The van der Waals surface area contributed by atoms with Crippen LogP contribution in [-0.2, 0) is 17.4 Å². The van der Waals surface area contributed by atoms with E-state index in [1.807, 2.05) is 30.0 Å². The second kappa shape index (κ2) is 9.82. The minimum atomic E-state index is -1.84. The molecule has 0 spiro atoms. The quantitative estimate of drug-likeness (QED) is 0.300. The first-order valence-electron chi connectivity index (χ1n) is 11.7. The molecule has 188 valence electrons. The molecular formula is C26H32Cl2FN3OSSi. The molecule has 1 unspecified atom stereocenters. The Bertz CT molecular complexity index is 1240. The fourth-order valence-electron chi connectivity index (χ4n) is 3.86. The summed E-state index contributed by atoms with van der Waals surface area (Å²) in [6.45, 7) is 15.2. The third kappa shape index (κ3) is 5.64. The third-order valence-corrected chi connectivity index (χ3v) is 13.6. The molecule has 9 heteroatoms. The van der Waals surface area contributed by atoms with Crippen molar-refractivity contribution in [1.29, 1.82) is 0 Å². The van der Waals surface area contributed by atoms with Crippen LogP contribution in [0.3, 0.4) is 0 Å². The van der Waals surface area contributed by atoms with E-state index >= 15 is 0 Å². The van der Waals surface area contributed by atoms with Crippen LogP contribution in [0.2, 0.25) is 28.2 Å². The summed E-state index contributed by atoms with van der Waals surface area (Å²) in [6.07, 6.45) is 0.781. The topological polar surface area (TPSA) is 39.9 Å². The first kappa shape index (κ1) is 26.7. The molecule has 0 N–H and O–H groups in total. The fourth-order valence-corrected chi connectivity index (χ4v) is 6.67. The van der Waals surface area contributed by atoms with Crippen LogP contribution in [0.5, 0.6) is 0 Å². The number of aromatic nitrogens is 3. The molecule has 35 heavy (non-hydrogen) atoms. The largest absolute Gasteiger partial charge is 0.415 e. The van der Waals surface area contributed by atoms with Crippen LogP contribution in [-0.4, -0.2) is 40.2 Å². The number of halogens is 3. The van der Waals surface area contributed by atoms with Crippen molar-refractivity contribution in [2.45, 2.75) is 63.5 Å². The van der Waals surface area contributed by atoms with Gasteiger partial charge in [0, 0.05) is 35.6 Å². The number of thioether (sulfide) groups is 1. The molecule has 0 amide bonds. The van der Waals surface area contributed by atoms with Crippen molar-refractivity contribution in [3.8, 4) is 22.5 Å². The maximum absolute atomic E-state index is 13.6. The lowest BCUT2D eigenvalue weighted by Gasteiger charge is -2.39. The van der Waals surface area contributed by atoms with Gasteiger partial charge in [0.15, 0.2) is 14.1 Å². The molecule has 0 aliphatic carbocycles. The molecule has 0 radical (unpaired) electrons. The zero-order valence-electron chi connectivity index (χ0n) is 21.1. The monoisotopic (exact) mass is 551 g/mol. The van der Waals surface area contributed by atoms with Gasteiger partial charge in [-0.15, -0.1) is 10.2 Å². The Morgan fingerprint density at radius 1 is 1.09 bits per heavy atom. The van der Waals surface area contributed by atoms with E-state index in [0.717, 1.165) is 47.1 Å². The molecule has 4 nitrogen and oxygen atoms in total. The minimum absolute atomic E-state index is 0.0659. The second-order valence-electron chi connectivity index (χ2n) is 10.9. The maximum atomic E-state index is 13.6. The summed E-state index contributed by atoms with van der Waals surface area (Å²) < 4.78 is 22.3. The summed E-state index contributed by atoms with van der Waals surface area (Å²) in [6, 6.07) is 10.4. The van der Waals surface area contributed by atoms with E-state index in [9.17, 15) is 4.39 Å². The number of hydrogen-bond acceptors (Lipinski definition) is 4. The van der Waals surface area contributed by atoms with Crippen molar-refractivity contribution in [2.75, 3.05) is 12.4 Å². The highest BCUT2D eigenvalue weighted by Gasteiger charge is 2.40. The Labute approximate surface area is 222 Å². The van der Waals surface area contributed by atoms with Crippen molar-refractivity contribution < 1.29 is 8.82 Å². The molecular weight excluding hydrogens is 520 g/mol. The predicted octanol–water partition coefficient (Wildman–Crippen LogP) is 8.13. The van der Waals surface area contributed by atoms with Crippen molar-refractivity contribution in [1.82, 2.24) is 14.8 Å².